The minimum Gasteiger partial charge on any atom is -0.611 e. The molecule has 1 heterocycles. The summed E-state index contributed by atoms with van der Waals surface area (Å²) >= 11 is -1.31. The summed E-state index contributed by atoms with van der Waals surface area (Å²) in [5.74, 6) is 2.53. The van der Waals surface area contributed by atoms with Crippen molar-refractivity contribution in [2.24, 2.45) is 22.7 Å². The maximum Gasteiger partial charge on any atom is 0.182 e. The van der Waals surface area contributed by atoms with Crippen LogP contribution >= 0.6 is 0 Å². The number of carbonyl (C=O) groups excluding carboxylic acids is 1. The number of benzene rings is 5. The number of anilines is 2. The third-order valence-electron chi connectivity index (χ3n) is 11.8. The molecule has 0 saturated carbocycles. The molecule has 9 nitrogen and oxygen atoms in total. The average molecular weight is 858 g/mol. The number of ether oxygens (including phenoxy) is 4. The second-order valence-electron chi connectivity index (χ2n) is 17.0. The number of aryl methyl sites for hydroxylation is 2. The fourth-order valence-corrected chi connectivity index (χ4v) is 9.49. The molecule has 0 bridgehead atoms. The molecule has 5 aromatic rings. The van der Waals surface area contributed by atoms with Gasteiger partial charge in [-0.05, 0) is 129 Å². The van der Waals surface area contributed by atoms with Crippen molar-refractivity contribution in [1.29, 1.82) is 0 Å². The van der Waals surface area contributed by atoms with Crippen LogP contribution in [0.3, 0.4) is 0 Å². The van der Waals surface area contributed by atoms with Crippen molar-refractivity contribution in [3.8, 4) is 23.0 Å². The van der Waals surface area contributed by atoms with E-state index in [1.807, 2.05) is 24.4 Å². The number of hydrogen-bond acceptors (Lipinski definition) is 9. The number of Topliss-reactive ketones (excluding diaryl/α,β-unsaturated/α-hetero) is 1. The molecule has 0 fully saturated rings. The predicted molar refractivity (Wildman–Crippen MR) is 254 cm³/mol. The van der Waals surface area contributed by atoms with E-state index in [1.165, 1.54) is 22.3 Å². The molecule has 328 valence electrons. The Balaban J connectivity index is 1.22. The topological polar surface area (TPSA) is 113 Å². The zero-order valence-electron chi connectivity index (χ0n) is 38.0. The van der Waals surface area contributed by atoms with Crippen molar-refractivity contribution in [3.63, 3.8) is 0 Å². The van der Waals surface area contributed by atoms with Crippen LogP contribution in [-0.4, -0.2) is 48.6 Å². The Labute approximate surface area is 371 Å². The standard InChI is InChI=1S/C52H63N3O6S/c1-32(2)55-44-21-39(30-60-50-25-46(45(37(7)56)24-48(50)58-9)53-28-33(3)19-41-17-13-11-15-34(41)4)20-40(22-44)31-61-51-26-47-52(27-49(51)59-10)62(57)38(8)36(6)43(29-54-47)23-42-18-14-12-16-35(42)5/h11-18,20-22,24-27,29,32-33,36,38,43,53,55H,19,23,28,30-31H2,1-10H3/b54-29-/t33-,36?,38?,43-,62?/m0/s1. The lowest BCUT2D eigenvalue weighted by Crippen LogP contribution is -2.33. The maximum absolute atomic E-state index is 14.1. The molecule has 0 aliphatic carbocycles. The SMILES string of the molecule is COc1cc2c(cc1OCc1cc(COc3cc(NC[C@@H](C)Cc4ccccc4C)c(C(C)=O)cc3OC)cc(NC(C)C)c1)/N=C\[C@H](Cc1ccccc1C)C(C)C(C)[S+]2[O-]. The van der Waals surface area contributed by atoms with Gasteiger partial charge in [0.15, 0.2) is 33.7 Å². The number of carbonyl (C=O) groups is 1. The lowest BCUT2D eigenvalue weighted by Gasteiger charge is -2.30. The van der Waals surface area contributed by atoms with Gasteiger partial charge in [0.1, 0.15) is 24.2 Å². The fourth-order valence-electron chi connectivity index (χ4n) is 7.96. The summed E-state index contributed by atoms with van der Waals surface area (Å²) in [5.41, 5.74) is 9.74. The van der Waals surface area contributed by atoms with E-state index in [0.29, 0.717) is 57.3 Å². The Hall–Kier alpha value is -5.45. The molecule has 0 spiro atoms. The van der Waals surface area contributed by atoms with Gasteiger partial charge in [-0.1, -0.05) is 62.4 Å². The van der Waals surface area contributed by atoms with Crippen molar-refractivity contribution in [2.75, 3.05) is 31.4 Å². The average Bonchev–Trinajstić information content (AvgIpc) is 3.25. The molecule has 0 amide bonds. The summed E-state index contributed by atoms with van der Waals surface area (Å²) in [5, 5.41) is 6.97. The van der Waals surface area contributed by atoms with Gasteiger partial charge in [0.05, 0.1) is 14.2 Å². The summed E-state index contributed by atoms with van der Waals surface area (Å²) in [6, 6.07) is 30.5. The first-order valence-electron chi connectivity index (χ1n) is 21.6. The summed E-state index contributed by atoms with van der Waals surface area (Å²) < 4.78 is 38.6. The van der Waals surface area contributed by atoms with Gasteiger partial charge in [0.2, 0.25) is 0 Å². The van der Waals surface area contributed by atoms with E-state index >= 15 is 0 Å². The summed E-state index contributed by atoms with van der Waals surface area (Å²) in [7, 11) is 3.18. The van der Waals surface area contributed by atoms with Gasteiger partial charge in [-0.15, -0.1) is 0 Å². The lowest BCUT2D eigenvalue weighted by atomic mass is 9.85. The summed E-state index contributed by atoms with van der Waals surface area (Å²) in [6.07, 6.45) is 3.77. The first kappa shape index (κ1) is 46.1. The minimum absolute atomic E-state index is 0.0610. The number of hydrogen-bond donors (Lipinski definition) is 2. The highest BCUT2D eigenvalue weighted by Gasteiger charge is 2.35. The van der Waals surface area contributed by atoms with E-state index in [2.05, 4.69) is 126 Å². The second kappa shape index (κ2) is 21.1. The van der Waals surface area contributed by atoms with Gasteiger partial charge in [0.25, 0.3) is 0 Å². The molecule has 1 aliphatic rings. The fraction of sp³-hybridized carbons (Fsp3) is 0.385. The van der Waals surface area contributed by atoms with Crippen LogP contribution in [0.25, 0.3) is 0 Å². The van der Waals surface area contributed by atoms with Gasteiger partial charge in [-0.25, -0.2) is 0 Å². The summed E-state index contributed by atoms with van der Waals surface area (Å²) in [6.45, 7) is 17.6. The quantitative estimate of drug-likeness (QED) is 0.0662. The largest absolute Gasteiger partial charge is 0.611 e. The zero-order valence-corrected chi connectivity index (χ0v) is 38.8. The van der Waals surface area contributed by atoms with Crippen LogP contribution in [0.4, 0.5) is 17.1 Å². The Morgan fingerprint density at radius 2 is 1.39 bits per heavy atom. The first-order chi connectivity index (χ1) is 29.7. The van der Waals surface area contributed by atoms with Gasteiger partial charge in [-0.2, -0.15) is 0 Å². The van der Waals surface area contributed by atoms with Crippen molar-refractivity contribution in [3.05, 3.63) is 130 Å². The number of aliphatic imine (C=N–C) groups is 1. The number of rotatable bonds is 18. The minimum atomic E-state index is -1.31. The van der Waals surface area contributed by atoms with E-state index in [1.54, 1.807) is 27.2 Å². The van der Waals surface area contributed by atoms with E-state index in [4.69, 9.17) is 23.9 Å². The number of fused-ring (bicyclic) bond motifs is 1. The monoisotopic (exact) mass is 857 g/mol. The van der Waals surface area contributed by atoms with E-state index in [9.17, 15) is 9.35 Å². The molecule has 3 unspecified atom stereocenters. The van der Waals surface area contributed by atoms with Crippen LogP contribution in [0, 0.1) is 31.6 Å². The highest BCUT2D eigenvalue weighted by molar-refractivity contribution is 7.92. The molecule has 2 N–H and O–H groups in total. The smallest absolute Gasteiger partial charge is 0.182 e. The Morgan fingerprint density at radius 1 is 0.790 bits per heavy atom. The molecule has 6 rings (SSSR count). The van der Waals surface area contributed by atoms with Gasteiger partial charge in [0, 0.05) is 65.8 Å². The van der Waals surface area contributed by atoms with Crippen LogP contribution in [0.5, 0.6) is 23.0 Å². The first-order valence-corrected chi connectivity index (χ1v) is 22.8. The number of nitrogens with one attached hydrogen (secondary N) is 2. The number of methoxy groups -OCH3 is 2. The molecule has 5 aromatic carbocycles. The van der Waals surface area contributed by atoms with Crippen LogP contribution in [-0.2, 0) is 37.2 Å². The lowest BCUT2D eigenvalue weighted by molar-refractivity contribution is 0.101. The van der Waals surface area contributed by atoms with Crippen LogP contribution in [0.2, 0.25) is 0 Å². The molecule has 10 heteroatoms. The van der Waals surface area contributed by atoms with Crippen LogP contribution in [0.1, 0.15) is 85.3 Å². The van der Waals surface area contributed by atoms with E-state index in [-0.39, 0.29) is 42.1 Å². The molecule has 62 heavy (non-hydrogen) atoms. The molecule has 1 aliphatic heterocycles. The van der Waals surface area contributed by atoms with Crippen LogP contribution in [0.15, 0.2) is 101 Å². The van der Waals surface area contributed by atoms with Gasteiger partial charge in [-0.3, -0.25) is 9.79 Å². The molecule has 0 aromatic heterocycles. The molecule has 0 radical (unpaired) electrons. The number of ketones is 1. The van der Waals surface area contributed by atoms with Crippen molar-refractivity contribution in [1.82, 2.24) is 0 Å². The molecule has 0 saturated heterocycles. The van der Waals surface area contributed by atoms with Crippen molar-refractivity contribution < 1.29 is 28.3 Å². The van der Waals surface area contributed by atoms with Crippen LogP contribution < -0.4 is 29.6 Å². The predicted octanol–water partition coefficient (Wildman–Crippen LogP) is 11.5. The second-order valence-corrected chi connectivity index (χ2v) is 18.8. The number of nitrogens with zero attached hydrogens (tertiary/aromatic N) is 1. The maximum atomic E-state index is 14.1. The van der Waals surface area contributed by atoms with Gasteiger partial charge >= 0.3 is 0 Å². The van der Waals surface area contributed by atoms with Crippen molar-refractivity contribution >= 4 is 40.2 Å². The highest BCUT2D eigenvalue weighted by Crippen LogP contribution is 2.42. The Morgan fingerprint density at radius 3 is 1.98 bits per heavy atom. The van der Waals surface area contributed by atoms with Crippen molar-refractivity contribution in [2.45, 2.75) is 97.6 Å². The Bertz CT molecular complexity index is 2360. The zero-order chi connectivity index (χ0) is 44.5. The molecular formula is C52H63N3O6S. The van der Waals surface area contributed by atoms with E-state index < -0.39 is 11.2 Å². The normalized spacial score (nSPS) is 18.2. The highest BCUT2D eigenvalue weighted by atomic mass is 32.2. The molecular weight excluding hydrogens is 795 g/mol. The Kier molecular flexibility index (Phi) is 15.7. The van der Waals surface area contributed by atoms with E-state index in [0.717, 1.165) is 29.7 Å². The third-order valence-corrected chi connectivity index (χ3v) is 13.7. The van der Waals surface area contributed by atoms with Gasteiger partial charge < -0.3 is 34.1 Å². The summed E-state index contributed by atoms with van der Waals surface area (Å²) in [4.78, 5) is 18.4. The third kappa shape index (κ3) is 11.5. The molecule has 5 atom stereocenters.